The Morgan fingerprint density at radius 1 is 1.35 bits per heavy atom. The van der Waals surface area contributed by atoms with Crippen LogP contribution in [-0.4, -0.2) is 12.6 Å². The van der Waals surface area contributed by atoms with Gasteiger partial charge in [-0.2, -0.15) is 0 Å². The van der Waals surface area contributed by atoms with Crippen LogP contribution in [0.4, 0.5) is 5.69 Å². The normalized spacial score (nSPS) is 15.6. The van der Waals surface area contributed by atoms with E-state index in [2.05, 4.69) is 67.8 Å². The molecule has 1 atom stereocenters. The Labute approximate surface area is 123 Å². The number of benzene rings is 1. The summed E-state index contributed by atoms with van der Waals surface area (Å²) in [7, 11) is 0. The first-order valence-electron chi connectivity index (χ1n) is 7.61. The molecule has 1 aromatic carbocycles. The topological polar surface area (TPSA) is 3.24 Å². The van der Waals surface area contributed by atoms with Crippen LogP contribution in [-0.2, 0) is 0 Å². The average molecular weight is 267 g/mol. The summed E-state index contributed by atoms with van der Waals surface area (Å²) in [5, 5.41) is 0. The van der Waals surface area contributed by atoms with Gasteiger partial charge in [0.15, 0.2) is 0 Å². The highest BCUT2D eigenvalue weighted by Crippen LogP contribution is 2.26. The lowest BCUT2D eigenvalue weighted by molar-refractivity contribution is 0.657. The van der Waals surface area contributed by atoms with Crippen molar-refractivity contribution < 1.29 is 0 Å². The van der Waals surface area contributed by atoms with E-state index in [0.717, 1.165) is 19.4 Å². The maximum absolute atomic E-state index is 3.86. The molecule has 20 heavy (non-hydrogen) atoms. The number of rotatable bonds is 6. The van der Waals surface area contributed by atoms with E-state index in [4.69, 9.17) is 0 Å². The molecule has 0 N–H and O–H groups in total. The summed E-state index contributed by atoms with van der Waals surface area (Å²) >= 11 is 0. The fourth-order valence-corrected chi connectivity index (χ4v) is 2.81. The van der Waals surface area contributed by atoms with E-state index >= 15 is 0 Å². The lowest BCUT2D eigenvalue weighted by atomic mass is 9.99. The first kappa shape index (κ1) is 14.6. The van der Waals surface area contributed by atoms with Crippen LogP contribution in [0.3, 0.4) is 0 Å². The fourth-order valence-electron chi connectivity index (χ4n) is 2.81. The molecule has 1 nitrogen and oxygen atoms in total. The average Bonchev–Trinajstić information content (AvgIpc) is 2.49. The van der Waals surface area contributed by atoms with Gasteiger partial charge in [-0.3, -0.25) is 0 Å². The van der Waals surface area contributed by atoms with Crippen LogP contribution in [0.1, 0.15) is 38.7 Å². The first-order valence-corrected chi connectivity index (χ1v) is 7.61. The van der Waals surface area contributed by atoms with Crippen LogP contribution in [0.15, 0.2) is 55.1 Å². The summed E-state index contributed by atoms with van der Waals surface area (Å²) in [6.45, 7) is 9.35. The smallest absolute Gasteiger partial charge is 0.0374 e. The zero-order valence-corrected chi connectivity index (χ0v) is 12.7. The molecule has 1 heteroatoms. The van der Waals surface area contributed by atoms with Gasteiger partial charge in [-0.15, -0.1) is 6.58 Å². The maximum Gasteiger partial charge on any atom is 0.0374 e. The molecule has 0 fully saturated rings. The lowest BCUT2D eigenvalue weighted by Crippen LogP contribution is -2.32. The Kier molecular flexibility index (Phi) is 5.23. The molecule has 1 aromatic rings. The summed E-state index contributed by atoms with van der Waals surface area (Å²) in [4.78, 5) is 2.44. The van der Waals surface area contributed by atoms with E-state index in [1.165, 1.54) is 23.2 Å². The monoisotopic (exact) mass is 267 g/mol. The predicted octanol–water partition coefficient (Wildman–Crippen LogP) is 5.21. The molecule has 0 aliphatic heterocycles. The Bertz CT molecular complexity index is 510. The minimum Gasteiger partial charge on any atom is -0.369 e. The van der Waals surface area contributed by atoms with Crippen molar-refractivity contribution in [3.8, 4) is 0 Å². The van der Waals surface area contributed by atoms with E-state index in [1.54, 1.807) is 0 Å². The third-order valence-corrected chi connectivity index (χ3v) is 3.89. The van der Waals surface area contributed by atoms with E-state index in [0.29, 0.717) is 6.04 Å². The van der Waals surface area contributed by atoms with Gasteiger partial charge in [0.25, 0.3) is 0 Å². The van der Waals surface area contributed by atoms with E-state index in [-0.39, 0.29) is 0 Å². The van der Waals surface area contributed by atoms with Gasteiger partial charge in [0.1, 0.15) is 0 Å². The zero-order valence-electron chi connectivity index (χ0n) is 12.7. The number of anilines is 1. The van der Waals surface area contributed by atoms with E-state index < -0.39 is 0 Å². The van der Waals surface area contributed by atoms with Crippen LogP contribution >= 0.6 is 0 Å². The minimum atomic E-state index is 0.489. The van der Waals surface area contributed by atoms with Gasteiger partial charge in [0.2, 0.25) is 0 Å². The van der Waals surface area contributed by atoms with Crippen LogP contribution in [0.25, 0.3) is 5.57 Å². The number of allylic oxidation sites excluding steroid dienone is 4. The van der Waals surface area contributed by atoms with Gasteiger partial charge in [0, 0.05) is 18.3 Å². The lowest BCUT2D eigenvalue weighted by Gasteiger charge is -2.30. The molecule has 2 rings (SSSR count). The van der Waals surface area contributed by atoms with E-state index in [9.17, 15) is 0 Å². The van der Waals surface area contributed by atoms with Crippen molar-refractivity contribution in [2.45, 2.75) is 39.2 Å². The highest BCUT2D eigenvalue weighted by molar-refractivity contribution is 5.76. The molecule has 0 amide bonds. The minimum absolute atomic E-state index is 0.489. The van der Waals surface area contributed by atoms with Gasteiger partial charge >= 0.3 is 0 Å². The first-order chi connectivity index (χ1) is 9.76. The molecule has 106 valence electrons. The van der Waals surface area contributed by atoms with Crippen LogP contribution in [0.5, 0.6) is 0 Å². The number of nitrogens with zero attached hydrogens (tertiary/aromatic N) is 1. The third-order valence-electron chi connectivity index (χ3n) is 3.89. The second kappa shape index (κ2) is 7.14. The van der Waals surface area contributed by atoms with Crippen molar-refractivity contribution >= 4 is 11.3 Å². The summed E-state index contributed by atoms with van der Waals surface area (Å²) < 4.78 is 0. The third kappa shape index (κ3) is 3.41. The van der Waals surface area contributed by atoms with Crippen molar-refractivity contribution in [3.63, 3.8) is 0 Å². The largest absolute Gasteiger partial charge is 0.369 e. The number of hydrogen-bond acceptors (Lipinski definition) is 1. The zero-order chi connectivity index (χ0) is 14.4. The van der Waals surface area contributed by atoms with Gasteiger partial charge in [-0.25, -0.2) is 0 Å². The molecule has 0 spiro atoms. The summed E-state index contributed by atoms with van der Waals surface area (Å²) in [6, 6.07) is 9.38. The molecular formula is C19H25N. The second-order valence-electron chi connectivity index (χ2n) is 5.35. The van der Waals surface area contributed by atoms with Gasteiger partial charge in [-0.1, -0.05) is 36.4 Å². The van der Waals surface area contributed by atoms with Crippen LogP contribution < -0.4 is 4.90 Å². The highest BCUT2D eigenvalue weighted by Gasteiger charge is 2.12. The van der Waals surface area contributed by atoms with Gasteiger partial charge in [-0.05, 0) is 56.4 Å². The fraction of sp³-hybridized carbons (Fsp3) is 0.368. The van der Waals surface area contributed by atoms with Crippen LogP contribution in [0, 0.1) is 0 Å². The number of hydrogen-bond donors (Lipinski definition) is 0. The standard InChI is InChI=1S/C19H25N/c1-4-10-16(3)20(5-2)19-14-9-13-18(15-19)17-11-7-6-8-12-17/h4,7,9,11-16H,1,5-6,8,10H2,2-3H3. The maximum atomic E-state index is 3.86. The molecule has 1 unspecified atom stereocenters. The molecule has 0 aromatic heterocycles. The Morgan fingerprint density at radius 2 is 2.20 bits per heavy atom. The van der Waals surface area contributed by atoms with Crippen molar-refractivity contribution in [2.75, 3.05) is 11.4 Å². The Hall–Kier alpha value is -1.76. The summed E-state index contributed by atoms with van der Waals surface area (Å²) in [6.07, 6.45) is 12.2. The summed E-state index contributed by atoms with van der Waals surface area (Å²) in [5.41, 5.74) is 3.98. The SMILES string of the molecule is C=CCC(C)N(CC)c1cccc(C2=CCCC=C2)c1. The molecule has 1 aliphatic rings. The molecule has 0 saturated carbocycles. The molecule has 0 radical (unpaired) electrons. The highest BCUT2D eigenvalue weighted by atomic mass is 15.1. The Morgan fingerprint density at radius 3 is 2.85 bits per heavy atom. The summed E-state index contributed by atoms with van der Waals surface area (Å²) in [5.74, 6) is 0. The quantitative estimate of drug-likeness (QED) is 0.639. The van der Waals surface area contributed by atoms with Gasteiger partial charge < -0.3 is 4.90 Å². The molecule has 0 saturated heterocycles. The molecular weight excluding hydrogens is 242 g/mol. The van der Waals surface area contributed by atoms with Crippen LogP contribution in [0.2, 0.25) is 0 Å². The molecule has 0 bridgehead atoms. The van der Waals surface area contributed by atoms with Crippen molar-refractivity contribution in [2.24, 2.45) is 0 Å². The van der Waals surface area contributed by atoms with Gasteiger partial charge in [0.05, 0.1) is 0 Å². The molecule has 1 aliphatic carbocycles. The van der Waals surface area contributed by atoms with Crippen molar-refractivity contribution in [3.05, 3.63) is 60.7 Å². The van der Waals surface area contributed by atoms with Crippen molar-refractivity contribution in [1.82, 2.24) is 0 Å². The van der Waals surface area contributed by atoms with E-state index in [1.807, 2.05) is 6.08 Å². The second-order valence-corrected chi connectivity index (χ2v) is 5.35. The van der Waals surface area contributed by atoms with Crippen molar-refractivity contribution in [1.29, 1.82) is 0 Å². The molecule has 0 heterocycles. The predicted molar refractivity (Wildman–Crippen MR) is 90.1 cm³/mol. The Balaban J connectivity index is 2.26.